The molecular formula is C23H27N3O4. The Kier molecular flexibility index (Phi) is 6.22. The molecule has 1 heterocycles. The lowest BCUT2D eigenvalue weighted by Gasteiger charge is -2.16. The van der Waals surface area contributed by atoms with Crippen LogP contribution >= 0.6 is 0 Å². The van der Waals surface area contributed by atoms with Crippen LogP contribution in [0.25, 0.3) is 11.0 Å². The van der Waals surface area contributed by atoms with Gasteiger partial charge < -0.3 is 19.3 Å². The Bertz CT molecular complexity index is 1120. The summed E-state index contributed by atoms with van der Waals surface area (Å²) < 4.78 is 7.02. The molecule has 0 fully saturated rings. The molecule has 0 unspecified atom stereocenters. The summed E-state index contributed by atoms with van der Waals surface area (Å²) in [6.45, 7) is 2.18. The van der Waals surface area contributed by atoms with E-state index in [4.69, 9.17) is 4.74 Å². The maximum absolute atomic E-state index is 12.9. The molecule has 1 amide bonds. The van der Waals surface area contributed by atoms with Gasteiger partial charge in [0.05, 0.1) is 12.1 Å². The summed E-state index contributed by atoms with van der Waals surface area (Å²) in [4.78, 5) is 31.6. The Morgan fingerprint density at radius 3 is 2.57 bits per heavy atom. The van der Waals surface area contributed by atoms with Crippen molar-refractivity contribution in [2.24, 2.45) is 7.05 Å². The number of carbonyl (C=O) groups is 2. The van der Waals surface area contributed by atoms with Crippen molar-refractivity contribution in [2.75, 3.05) is 21.2 Å². The van der Waals surface area contributed by atoms with E-state index in [0.29, 0.717) is 34.3 Å². The molecule has 3 aromatic rings. The Hall–Kier alpha value is -3.19. The van der Waals surface area contributed by atoms with Gasteiger partial charge in [0, 0.05) is 51.4 Å². The molecule has 1 N–H and O–H groups in total. The summed E-state index contributed by atoms with van der Waals surface area (Å²) in [5.41, 5.74) is 3.34. The number of fused-ring (bicyclic) bond motifs is 1. The molecule has 158 valence electrons. The van der Waals surface area contributed by atoms with E-state index >= 15 is 0 Å². The quantitative estimate of drug-likeness (QED) is 0.606. The lowest BCUT2D eigenvalue weighted by atomic mass is 9.95. The number of benzene rings is 2. The van der Waals surface area contributed by atoms with Gasteiger partial charge in [-0.15, -0.1) is 0 Å². The molecule has 0 radical (unpaired) electrons. The average molecular weight is 409 g/mol. The van der Waals surface area contributed by atoms with Crippen LogP contribution in [-0.4, -0.2) is 52.5 Å². The summed E-state index contributed by atoms with van der Waals surface area (Å²) in [5.74, 6) is 0.389. The lowest BCUT2D eigenvalue weighted by molar-refractivity contribution is 0.0825. The third-order valence-electron chi connectivity index (χ3n) is 5.34. The molecule has 0 aliphatic carbocycles. The molecule has 0 saturated heterocycles. The number of nitrogens with zero attached hydrogens (tertiary/aromatic N) is 3. The van der Waals surface area contributed by atoms with Crippen molar-refractivity contribution in [3.05, 3.63) is 58.4 Å². The largest absolute Gasteiger partial charge is 0.505 e. The number of phenols is 1. The number of phenolic OH excluding ortho intramolecular Hbond substituents is 1. The minimum atomic E-state index is -0.228. The Morgan fingerprint density at radius 2 is 1.90 bits per heavy atom. The smallest absolute Gasteiger partial charge is 0.253 e. The monoisotopic (exact) mass is 409 g/mol. The number of ketones is 1. The zero-order valence-corrected chi connectivity index (χ0v) is 18.0. The topological polar surface area (TPSA) is 84.7 Å². The van der Waals surface area contributed by atoms with Crippen molar-refractivity contribution in [1.82, 2.24) is 14.5 Å². The first-order valence-electron chi connectivity index (χ1n) is 9.75. The maximum atomic E-state index is 12.9. The molecule has 3 rings (SSSR count). The molecule has 30 heavy (non-hydrogen) atoms. The summed E-state index contributed by atoms with van der Waals surface area (Å²) in [6, 6.07) is 9.05. The van der Waals surface area contributed by atoms with Crippen molar-refractivity contribution in [3.63, 3.8) is 0 Å². The molecule has 7 heteroatoms. The van der Waals surface area contributed by atoms with E-state index in [0.717, 1.165) is 11.4 Å². The van der Waals surface area contributed by atoms with Gasteiger partial charge >= 0.3 is 0 Å². The fourth-order valence-electron chi connectivity index (χ4n) is 3.59. The molecule has 1 aromatic heterocycles. The normalized spacial score (nSPS) is 11.1. The number of hydrogen-bond acceptors (Lipinski definition) is 5. The standard InChI is InChI=1S/C23H27N3O4/c1-14-24-21-19(26(14)4)12-18(23(29)25(2)3)17(22(21)28)10-11-20(27)16-9-7-6-8-15(16)13-30-5/h6-9,12,28H,10-11,13H2,1-5H3. The van der Waals surface area contributed by atoms with E-state index in [-0.39, 0.29) is 30.3 Å². The van der Waals surface area contributed by atoms with E-state index in [2.05, 4.69) is 4.98 Å². The fourth-order valence-corrected chi connectivity index (χ4v) is 3.59. The highest BCUT2D eigenvalue weighted by Crippen LogP contribution is 2.33. The highest BCUT2D eigenvalue weighted by molar-refractivity contribution is 6.02. The first-order chi connectivity index (χ1) is 14.3. The van der Waals surface area contributed by atoms with E-state index in [1.807, 2.05) is 36.7 Å². The molecule has 0 atom stereocenters. The van der Waals surface area contributed by atoms with Crippen LogP contribution in [0.3, 0.4) is 0 Å². The Balaban J connectivity index is 2.01. The van der Waals surface area contributed by atoms with Crippen LogP contribution in [0.15, 0.2) is 30.3 Å². The molecule has 0 bridgehead atoms. The minimum absolute atomic E-state index is 0.0422. The second kappa shape index (κ2) is 8.67. The number of hydrogen-bond donors (Lipinski definition) is 1. The first kappa shape index (κ1) is 21.5. The Morgan fingerprint density at radius 1 is 1.20 bits per heavy atom. The number of aryl methyl sites for hydroxylation is 2. The second-order valence-corrected chi connectivity index (χ2v) is 7.55. The van der Waals surface area contributed by atoms with Crippen LogP contribution in [0.5, 0.6) is 5.75 Å². The molecule has 0 aliphatic rings. The number of carbonyl (C=O) groups excluding carboxylic acids is 2. The zero-order valence-electron chi connectivity index (χ0n) is 18.0. The van der Waals surface area contributed by atoms with Crippen LogP contribution < -0.4 is 0 Å². The second-order valence-electron chi connectivity index (χ2n) is 7.55. The van der Waals surface area contributed by atoms with Crippen molar-refractivity contribution in [1.29, 1.82) is 0 Å². The number of amides is 1. The summed E-state index contributed by atoms with van der Waals surface area (Å²) in [5, 5.41) is 10.9. The third kappa shape index (κ3) is 3.93. The third-order valence-corrected chi connectivity index (χ3v) is 5.34. The predicted octanol–water partition coefficient (Wildman–Crippen LogP) is 3.25. The van der Waals surface area contributed by atoms with Crippen molar-refractivity contribution < 1.29 is 19.4 Å². The van der Waals surface area contributed by atoms with Gasteiger partial charge in [0.1, 0.15) is 17.1 Å². The summed E-state index contributed by atoms with van der Waals surface area (Å²) >= 11 is 0. The average Bonchev–Trinajstić information content (AvgIpc) is 3.01. The number of ether oxygens (including phenoxy) is 1. The lowest BCUT2D eigenvalue weighted by Crippen LogP contribution is -2.23. The SMILES string of the molecule is COCc1ccccc1C(=O)CCc1c(C(=O)N(C)C)cc2c(nc(C)n2C)c1O. The molecule has 7 nitrogen and oxygen atoms in total. The summed E-state index contributed by atoms with van der Waals surface area (Å²) in [6.07, 6.45) is 0.381. The maximum Gasteiger partial charge on any atom is 0.253 e. The molecule has 2 aromatic carbocycles. The van der Waals surface area contributed by atoms with Crippen LogP contribution in [0, 0.1) is 6.92 Å². The van der Waals surface area contributed by atoms with Gasteiger partial charge in [-0.3, -0.25) is 9.59 Å². The van der Waals surface area contributed by atoms with Gasteiger partial charge in [0.2, 0.25) is 0 Å². The number of rotatable bonds is 7. The zero-order chi connectivity index (χ0) is 22.0. The number of Topliss-reactive ketones (excluding diaryl/α,β-unsaturated/α-hetero) is 1. The van der Waals surface area contributed by atoms with Gasteiger partial charge in [-0.1, -0.05) is 24.3 Å². The highest BCUT2D eigenvalue weighted by atomic mass is 16.5. The fraction of sp³-hybridized carbons (Fsp3) is 0.348. The van der Waals surface area contributed by atoms with E-state index < -0.39 is 0 Å². The predicted molar refractivity (Wildman–Crippen MR) is 115 cm³/mol. The van der Waals surface area contributed by atoms with Crippen molar-refractivity contribution in [2.45, 2.75) is 26.4 Å². The number of aromatic hydroxyl groups is 1. The van der Waals surface area contributed by atoms with Crippen LogP contribution in [0.2, 0.25) is 0 Å². The number of methoxy groups -OCH3 is 1. The molecule has 0 saturated carbocycles. The van der Waals surface area contributed by atoms with Crippen LogP contribution in [0.1, 0.15) is 44.1 Å². The molecule has 0 aliphatic heterocycles. The van der Waals surface area contributed by atoms with E-state index in [1.165, 1.54) is 4.90 Å². The van der Waals surface area contributed by atoms with E-state index in [1.54, 1.807) is 33.3 Å². The van der Waals surface area contributed by atoms with Crippen LogP contribution in [-0.2, 0) is 24.8 Å². The summed E-state index contributed by atoms with van der Waals surface area (Å²) in [7, 11) is 6.74. The Labute approximate surface area is 175 Å². The molecule has 0 spiro atoms. The van der Waals surface area contributed by atoms with Crippen molar-refractivity contribution >= 4 is 22.7 Å². The van der Waals surface area contributed by atoms with Gasteiger partial charge in [0.25, 0.3) is 5.91 Å². The van der Waals surface area contributed by atoms with Gasteiger partial charge in [-0.2, -0.15) is 0 Å². The minimum Gasteiger partial charge on any atom is -0.505 e. The van der Waals surface area contributed by atoms with Gasteiger partial charge in [-0.25, -0.2) is 4.98 Å². The molecular weight excluding hydrogens is 382 g/mol. The van der Waals surface area contributed by atoms with E-state index in [9.17, 15) is 14.7 Å². The first-order valence-corrected chi connectivity index (χ1v) is 9.75. The highest BCUT2D eigenvalue weighted by Gasteiger charge is 2.23. The number of imidazole rings is 1. The van der Waals surface area contributed by atoms with Gasteiger partial charge in [0.15, 0.2) is 5.78 Å². The van der Waals surface area contributed by atoms with Crippen LogP contribution in [0.4, 0.5) is 0 Å². The van der Waals surface area contributed by atoms with Crippen molar-refractivity contribution in [3.8, 4) is 5.75 Å². The van der Waals surface area contributed by atoms with Gasteiger partial charge in [-0.05, 0) is 25.0 Å². The number of aromatic nitrogens is 2.